The maximum Gasteiger partial charge on any atom is 0.411 e. The molecule has 3 rings (SSSR count). The number of carbonyl (C=O) groups excluding carboxylic acids is 2. The summed E-state index contributed by atoms with van der Waals surface area (Å²) in [4.78, 5) is 28.5. The number of ether oxygens (including phenoxy) is 1. The molecule has 0 aliphatic rings. The van der Waals surface area contributed by atoms with Crippen molar-refractivity contribution in [2.24, 2.45) is 7.05 Å². The van der Waals surface area contributed by atoms with Crippen molar-refractivity contribution in [3.8, 4) is 11.3 Å². The number of hydrogen-bond donors (Lipinski definition) is 2. The lowest BCUT2D eigenvalue weighted by Gasteiger charge is -2.10. The molecule has 0 bridgehead atoms. The molecule has 0 saturated carbocycles. The minimum Gasteiger partial charge on any atom is -0.450 e. The molecule has 8 heteroatoms. The zero-order valence-corrected chi connectivity index (χ0v) is 15.4. The molecule has 0 saturated heterocycles. The first-order valence-corrected chi connectivity index (χ1v) is 8.60. The second kappa shape index (κ2) is 8.34. The van der Waals surface area contributed by atoms with Crippen molar-refractivity contribution in [1.29, 1.82) is 0 Å². The Balaban J connectivity index is 1.81. The number of halogens is 1. The van der Waals surface area contributed by atoms with E-state index in [9.17, 15) is 14.0 Å². The number of nitrogens with zero attached hydrogens (tertiary/aromatic N) is 2. The fraction of sp³-hybridized carbons (Fsp3) is 0.150. The standard InChI is InChI=1S/C20H19FN4O3/c1-3-28-20(27)23-16-6-4-5-14(11-16)19(26)24-18-17(22-12-25(18)2)13-7-9-15(21)10-8-13/h4-12H,3H2,1-2H3,(H,23,27)(H,24,26). The maximum absolute atomic E-state index is 13.2. The van der Waals surface area contributed by atoms with Crippen LogP contribution in [0.5, 0.6) is 0 Å². The van der Waals surface area contributed by atoms with Crippen molar-refractivity contribution < 1.29 is 18.7 Å². The van der Waals surface area contributed by atoms with Crippen LogP contribution in [-0.4, -0.2) is 28.2 Å². The average molecular weight is 382 g/mol. The van der Waals surface area contributed by atoms with Crippen LogP contribution in [0.3, 0.4) is 0 Å². The maximum atomic E-state index is 13.2. The molecule has 0 fully saturated rings. The lowest BCUT2D eigenvalue weighted by molar-refractivity contribution is 0.102. The van der Waals surface area contributed by atoms with Gasteiger partial charge in [-0.2, -0.15) is 0 Å². The fourth-order valence-corrected chi connectivity index (χ4v) is 2.60. The third-order valence-corrected chi connectivity index (χ3v) is 3.93. The number of benzene rings is 2. The van der Waals surface area contributed by atoms with Gasteiger partial charge in [0.15, 0.2) is 0 Å². The Morgan fingerprint density at radius 3 is 2.61 bits per heavy atom. The lowest BCUT2D eigenvalue weighted by Crippen LogP contribution is -2.16. The fourth-order valence-electron chi connectivity index (χ4n) is 2.60. The van der Waals surface area contributed by atoms with Gasteiger partial charge >= 0.3 is 6.09 Å². The third kappa shape index (κ3) is 4.35. The zero-order valence-electron chi connectivity index (χ0n) is 15.4. The first-order valence-electron chi connectivity index (χ1n) is 8.60. The van der Waals surface area contributed by atoms with Crippen molar-refractivity contribution in [2.75, 3.05) is 17.2 Å². The van der Waals surface area contributed by atoms with Crippen LogP contribution in [0.1, 0.15) is 17.3 Å². The second-order valence-electron chi connectivity index (χ2n) is 5.94. The number of amides is 2. The summed E-state index contributed by atoms with van der Waals surface area (Å²) in [6.07, 6.45) is 0.970. The van der Waals surface area contributed by atoms with E-state index in [1.54, 1.807) is 61.3 Å². The molecule has 0 unspecified atom stereocenters. The van der Waals surface area contributed by atoms with Crippen molar-refractivity contribution in [3.63, 3.8) is 0 Å². The van der Waals surface area contributed by atoms with E-state index in [2.05, 4.69) is 15.6 Å². The van der Waals surface area contributed by atoms with Crippen LogP contribution in [0.4, 0.5) is 20.7 Å². The smallest absolute Gasteiger partial charge is 0.411 e. The van der Waals surface area contributed by atoms with E-state index in [0.29, 0.717) is 28.3 Å². The van der Waals surface area contributed by atoms with Crippen LogP contribution in [0, 0.1) is 5.82 Å². The molecule has 0 radical (unpaired) electrons. The number of rotatable bonds is 5. The number of aryl methyl sites for hydroxylation is 1. The zero-order chi connectivity index (χ0) is 20.1. The quantitative estimate of drug-likeness (QED) is 0.697. The van der Waals surface area contributed by atoms with Crippen molar-refractivity contribution in [1.82, 2.24) is 9.55 Å². The molecule has 0 aliphatic heterocycles. The van der Waals surface area contributed by atoms with Gasteiger partial charge in [-0.1, -0.05) is 6.07 Å². The summed E-state index contributed by atoms with van der Waals surface area (Å²) in [7, 11) is 1.74. The summed E-state index contributed by atoms with van der Waals surface area (Å²) in [6.45, 7) is 1.95. The van der Waals surface area contributed by atoms with E-state index < -0.39 is 6.09 Å². The lowest BCUT2D eigenvalue weighted by atomic mass is 10.1. The van der Waals surface area contributed by atoms with Crippen molar-refractivity contribution in [2.45, 2.75) is 6.92 Å². The summed E-state index contributed by atoms with van der Waals surface area (Å²) >= 11 is 0. The highest BCUT2D eigenvalue weighted by molar-refractivity contribution is 6.06. The topological polar surface area (TPSA) is 85.2 Å². The SMILES string of the molecule is CCOC(=O)Nc1cccc(C(=O)Nc2c(-c3ccc(F)cc3)ncn2C)c1. The highest BCUT2D eigenvalue weighted by atomic mass is 19.1. The first kappa shape index (κ1) is 19.1. The third-order valence-electron chi connectivity index (χ3n) is 3.93. The molecular formula is C20H19FN4O3. The van der Waals surface area contributed by atoms with Crippen molar-refractivity contribution in [3.05, 3.63) is 66.2 Å². The van der Waals surface area contributed by atoms with Gasteiger partial charge in [-0.3, -0.25) is 10.1 Å². The van der Waals surface area contributed by atoms with Gasteiger partial charge < -0.3 is 14.6 Å². The highest BCUT2D eigenvalue weighted by Crippen LogP contribution is 2.27. The predicted molar refractivity (Wildman–Crippen MR) is 104 cm³/mol. The minimum atomic E-state index is -0.592. The molecular weight excluding hydrogens is 363 g/mol. The van der Waals surface area contributed by atoms with Crippen LogP contribution in [0.15, 0.2) is 54.9 Å². The Labute approximate surface area is 161 Å². The number of nitrogens with one attached hydrogen (secondary N) is 2. The molecule has 0 atom stereocenters. The van der Waals surface area contributed by atoms with E-state index in [-0.39, 0.29) is 18.3 Å². The summed E-state index contributed by atoms with van der Waals surface area (Å²) in [5.74, 6) is -0.254. The highest BCUT2D eigenvalue weighted by Gasteiger charge is 2.16. The molecule has 0 aliphatic carbocycles. The van der Waals surface area contributed by atoms with Crippen LogP contribution in [0.25, 0.3) is 11.3 Å². The number of imidazole rings is 1. The van der Waals surface area contributed by atoms with Gasteiger partial charge in [0.05, 0.1) is 12.9 Å². The van der Waals surface area contributed by atoms with Gasteiger partial charge in [-0.15, -0.1) is 0 Å². The number of anilines is 2. The molecule has 1 aromatic heterocycles. The molecule has 2 N–H and O–H groups in total. The molecule has 0 spiro atoms. The van der Waals surface area contributed by atoms with Gasteiger partial charge in [-0.05, 0) is 49.4 Å². The first-order chi connectivity index (χ1) is 13.5. The van der Waals surface area contributed by atoms with Gasteiger partial charge in [0.1, 0.15) is 17.3 Å². The van der Waals surface area contributed by atoms with E-state index in [0.717, 1.165) is 0 Å². The number of aromatic nitrogens is 2. The second-order valence-corrected chi connectivity index (χ2v) is 5.94. The van der Waals surface area contributed by atoms with Crippen LogP contribution in [-0.2, 0) is 11.8 Å². The van der Waals surface area contributed by atoms with E-state index in [4.69, 9.17) is 4.74 Å². The van der Waals surface area contributed by atoms with E-state index in [1.165, 1.54) is 12.1 Å². The van der Waals surface area contributed by atoms with Crippen molar-refractivity contribution >= 4 is 23.5 Å². The van der Waals surface area contributed by atoms with Gasteiger partial charge in [0.25, 0.3) is 5.91 Å². The Hall–Kier alpha value is -3.68. The Morgan fingerprint density at radius 1 is 1.14 bits per heavy atom. The Kier molecular flexibility index (Phi) is 5.69. The van der Waals surface area contributed by atoms with Crippen LogP contribution >= 0.6 is 0 Å². The molecule has 1 heterocycles. The van der Waals surface area contributed by atoms with Crippen LogP contribution < -0.4 is 10.6 Å². The summed E-state index contributed by atoms with van der Waals surface area (Å²) in [6, 6.07) is 12.3. The largest absolute Gasteiger partial charge is 0.450 e. The van der Waals surface area contributed by atoms with E-state index in [1.807, 2.05) is 0 Å². The number of hydrogen-bond acceptors (Lipinski definition) is 4. The normalized spacial score (nSPS) is 10.4. The summed E-state index contributed by atoms with van der Waals surface area (Å²) in [5.41, 5.74) is 1.99. The molecule has 2 aromatic carbocycles. The number of carbonyl (C=O) groups is 2. The van der Waals surface area contributed by atoms with Gasteiger partial charge in [0.2, 0.25) is 0 Å². The Morgan fingerprint density at radius 2 is 1.89 bits per heavy atom. The molecule has 2 amide bonds. The Bertz CT molecular complexity index is 999. The molecule has 144 valence electrons. The average Bonchev–Trinajstić information content (AvgIpc) is 3.03. The monoisotopic (exact) mass is 382 g/mol. The van der Waals surface area contributed by atoms with Gasteiger partial charge in [0, 0.05) is 23.9 Å². The minimum absolute atomic E-state index is 0.249. The summed E-state index contributed by atoms with van der Waals surface area (Å²) in [5, 5.41) is 5.37. The summed E-state index contributed by atoms with van der Waals surface area (Å²) < 4.78 is 19.7. The van der Waals surface area contributed by atoms with Gasteiger partial charge in [-0.25, -0.2) is 14.2 Å². The molecule has 7 nitrogen and oxygen atoms in total. The predicted octanol–water partition coefficient (Wildman–Crippen LogP) is 4.05. The molecule has 3 aromatic rings. The van der Waals surface area contributed by atoms with Crippen LogP contribution in [0.2, 0.25) is 0 Å². The van der Waals surface area contributed by atoms with E-state index >= 15 is 0 Å². The molecule has 28 heavy (non-hydrogen) atoms.